The molecule has 0 aliphatic heterocycles. The van der Waals surface area contributed by atoms with Crippen LogP contribution in [0.5, 0.6) is 0 Å². The van der Waals surface area contributed by atoms with Crippen LogP contribution in [-0.2, 0) is 11.3 Å². The average Bonchev–Trinajstić information content (AvgIpc) is 3.34. The normalized spacial score (nSPS) is 18.1. The molecule has 1 aromatic heterocycles. The van der Waals surface area contributed by atoms with Gasteiger partial charge in [0.05, 0.1) is 24.3 Å². The Morgan fingerprint density at radius 1 is 1.14 bits per heavy atom. The van der Waals surface area contributed by atoms with Gasteiger partial charge in [-0.2, -0.15) is 0 Å². The number of amides is 1. The van der Waals surface area contributed by atoms with E-state index in [0.717, 1.165) is 30.4 Å². The second-order valence-electron chi connectivity index (χ2n) is 8.59. The number of pyridine rings is 1. The van der Waals surface area contributed by atoms with Crippen LogP contribution >= 0.6 is 0 Å². The van der Waals surface area contributed by atoms with Gasteiger partial charge >= 0.3 is 0 Å². The van der Waals surface area contributed by atoms with Gasteiger partial charge in [0.25, 0.3) is 5.91 Å². The number of aromatic nitrogens is 1. The number of anilines is 1. The van der Waals surface area contributed by atoms with Crippen molar-refractivity contribution in [1.82, 2.24) is 10.3 Å². The zero-order valence-electron chi connectivity index (χ0n) is 19.9. The van der Waals surface area contributed by atoms with Crippen LogP contribution in [0.4, 0.5) is 5.82 Å². The van der Waals surface area contributed by atoms with Crippen molar-refractivity contribution in [3.05, 3.63) is 89.8 Å². The van der Waals surface area contributed by atoms with Gasteiger partial charge in [0, 0.05) is 36.8 Å². The topological polar surface area (TPSA) is 116 Å². The highest BCUT2D eigenvalue weighted by atomic mass is 16.5. The summed E-state index contributed by atoms with van der Waals surface area (Å²) in [5.41, 5.74) is 16.8. The predicted molar refractivity (Wildman–Crippen MR) is 141 cm³/mol. The molecule has 180 valence electrons. The molecule has 1 heterocycles. The Balaban J connectivity index is 1.42. The number of benzene rings is 2. The highest BCUT2D eigenvalue weighted by Crippen LogP contribution is 2.26. The molecule has 7 nitrogen and oxygen atoms in total. The number of ether oxygens (including phenoxy) is 1. The van der Waals surface area contributed by atoms with Gasteiger partial charge in [-0.05, 0) is 48.1 Å². The Hall–Kier alpha value is -3.97. The van der Waals surface area contributed by atoms with E-state index in [0.29, 0.717) is 23.3 Å². The summed E-state index contributed by atoms with van der Waals surface area (Å²) in [7, 11) is 1.65. The molecular formula is C28H31N5O2. The summed E-state index contributed by atoms with van der Waals surface area (Å²) < 4.78 is 6.27. The minimum atomic E-state index is -0.270. The number of carbonyl (C=O) groups is 1. The predicted octanol–water partition coefficient (Wildman–Crippen LogP) is 4.20. The second-order valence-corrected chi connectivity index (χ2v) is 8.59. The van der Waals surface area contributed by atoms with E-state index in [2.05, 4.69) is 45.6 Å². The molecule has 5 N–H and O–H groups in total. The van der Waals surface area contributed by atoms with Gasteiger partial charge in [0.2, 0.25) is 0 Å². The summed E-state index contributed by atoms with van der Waals surface area (Å²) in [6.07, 6.45) is 7.28. The summed E-state index contributed by atoms with van der Waals surface area (Å²) in [5, 5.41) is 3.11. The van der Waals surface area contributed by atoms with E-state index in [4.69, 9.17) is 16.2 Å². The highest BCUT2D eigenvalue weighted by molar-refractivity contribution is 6.10. The van der Waals surface area contributed by atoms with E-state index in [9.17, 15) is 4.79 Å². The van der Waals surface area contributed by atoms with Gasteiger partial charge in [-0.1, -0.05) is 48.5 Å². The first-order valence-electron chi connectivity index (χ1n) is 11.8. The Kier molecular flexibility index (Phi) is 7.90. The molecule has 1 aliphatic carbocycles. The Morgan fingerprint density at radius 3 is 2.71 bits per heavy atom. The zero-order valence-corrected chi connectivity index (χ0v) is 19.9. The molecule has 2 atom stereocenters. The molecule has 2 aromatic carbocycles. The van der Waals surface area contributed by atoms with Crippen LogP contribution in [0.15, 0.2) is 78.1 Å². The van der Waals surface area contributed by atoms with Gasteiger partial charge in [-0.25, -0.2) is 4.98 Å². The number of nitrogens with two attached hydrogens (primary N) is 2. The number of aliphatic imine (C=N–C) groups is 1. The van der Waals surface area contributed by atoms with Crippen LogP contribution in [0.2, 0.25) is 0 Å². The van der Waals surface area contributed by atoms with E-state index >= 15 is 0 Å². The van der Waals surface area contributed by atoms with E-state index in [-0.39, 0.29) is 23.9 Å². The quantitative estimate of drug-likeness (QED) is 0.428. The van der Waals surface area contributed by atoms with E-state index in [1.807, 2.05) is 24.3 Å². The van der Waals surface area contributed by atoms with Gasteiger partial charge < -0.3 is 21.5 Å². The molecule has 0 unspecified atom stereocenters. The van der Waals surface area contributed by atoms with Gasteiger partial charge in [0.15, 0.2) is 0 Å². The maximum atomic E-state index is 13.1. The van der Waals surface area contributed by atoms with E-state index in [1.54, 1.807) is 25.5 Å². The van der Waals surface area contributed by atoms with Crippen LogP contribution in [0.25, 0.3) is 16.7 Å². The third-order valence-electron chi connectivity index (χ3n) is 6.21. The molecule has 3 aromatic rings. The summed E-state index contributed by atoms with van der Waals surface area (Å²) in [6.45, 7) is 0.484. The van der Waals surface area contributed by atoms with Crippen molar-refractivity contribution in [1.29, 1.82) is 0 Å². The molecule has 0 bridgehead atoms. The molecule has 7 heteroatoms. The third-order valence-corrected chi connectivity index (χ3v) is 6.21. The lowest BCUT2D eigenvalue weighted by Gasteiger charge is -2.22. The van der Waals surface area contributed by atoms with Gasteiger partial charge in [-0.15, -0.1) is 0 Å². The number of rotatable bonds is 8. The molecule has 1 amide bonds. The fourth-order valence-corrected chi connectivity index (χ4v) is 4.38. The van der Waals surface area contributed by atoms with Crippen LogP contribution in [0.1, 0.15) is 40.7 Å². The second kappa shape index (κ2) is 11.4. The molecule has 0 saturated heterocycles. The van der Waals surface area contributed by atoms with Crippen LogP contribution < -0.4 is 16.8 Å². The molecule has 0 radical (unpaired) electrons. The summed E-state index contributed by atoms with van der Waals surface area (Å²) >= 11 is 0. The fourth-order valence-electron chi connectivity index (χ4n) is 4.38. The number of nitrogen functional groups attached to an aromatic ring is 1. The average molecular weight is 470 g/mol. The summed E-state index contributed by atoms with van der Waals surface area (Å²) in [5.74, 6) is -0.0996. The molecular weight excluding hydrogens is 438 g/mol. The van der Waals surface area contributed by atoms with Crippen molar-refractivity contribution in [2.45, 2.75) is 38.0 Å². The Bertz CT molecular complexity index is 1220. The van der Waals surface area contributed by atoms with Crippen LogP contribution in [0.3, 0.4) is 0 Å². The van der Waals surface area contributed by atoms with Crippen LogP contribution in [-0.4, -0.2) is 36.3 Å². The van der Waals surface area contributed by atoms with Crippen molar-refractivity contribution in [3.8, 4) is 11.1 Å². The third kappa shape index (κ3) is 5.94. The molecule has 1 saturated carbocycles. The minimum absolute atomic E-state index is 0.0663. The van der Waals surface area contributed by atoms with E-state index in [1.165, 1.54) is 11.8 Å². The smallest absolute Gasteiger partial charge is 0.255 e. The maximum Gasteiger partial charge on any atom is 0.255 e. The van der Waals surface area contributed by atoms with Gasteiger partial charge in [-0.3, -0.25) is 9.79 Å². The minimum Gasteiger partial charge on any atom is -0.404 e. The van der Waals surface area contributed by atoms with Crippen molar-refractivity contribution >= 4 is 23.5 Å². The lowest BCUT2D eigenvalue weighted by atomic mass is 10.0. The first-order chi connectivity index (χ1) is 17.1. The van der Waals surface area contributed by atoms with Crippen LogP contribution in [0, 0.1) is 0 Å². The lowest BCUT2D eigenvalue weighted by molar-refractivity contribution is 0.0272. The number of hydrogen-bond donors (Lipinski definition) is 3. The van der Waals surface area contributed by atoms with Crippen molar-refractivity contribution in [3.63, 3.8) is 0 Å². The number of allylic oxidation sites excluding steroid dienone is 1. The zero-order chi connectivity index (χ0) is 24.6. The largest absolute Gasteiger partial charge is 0.404 e. The first-order valence-corrected chi connectivity index (χ1v) is 11.8. The van der Waals surface area contributed by atoms with Crippen molar-refractivity contribution in [2.24, 2.45) is 10.7 Å². The van der Waals surface area contributed by atoms with Crippen molar-refractivity contribution in [2.75, 3.05) is 12.8 Å². The number of nitrogens with zero attached hydrogens (tertiary/aromatic N) is 2. The Labute approximate surface area is 205 Å². The highest BCUT2D eigenvalue weighted by Gasteiger charge is 2.30. The number of nitrogens with one attached hydrogen (secondary N) is 1. The Morgan fingerprint density at radius 2 is 1.94 bits per heavy atom. The molecule has 1 fully saturated rings. The van der Waals surface area contributed by atoms with Gasteiger partial charge in [0.1, 0.15) is 5.82 Å². The molecule has 4 rings (SSSR count). The van der Waals surface area contributed by atoms with Crippen molar-refractivity contribution < 1.29 is 9.53 Å². The molecule has 1 aliphatic rings. The SMILES string of the molecule is CN=C/C(=C\N)c1cnc(N)c(C(=O)N[C@H]2CCC[C@@H]2OCc2cccc(-c3ccccc3)c2)c1. The lowest BCUT2D eigenvalue weighted by Crippen LogP contribution is -2.41. The summed E-state index contributed by atoms with van der Waals surface area (Å²) in [4.78, 5) is 21.3. The standard InChI is InChI=1S/C28H31N5O2/c1-31-16-23(15-29)22-14-24(27(30)32-17-22)28(34)33-25-11-6-12-26(25)35-18-19-7-5-10-21(13-19)20-8-3-2-4-9-20/h2-5,7-10,13-17,25-26H,6,11-12,18,29H2,1H3,(H2,30,32)(H,33,34)/b23-15+,31-16?/t25-,26-/m0/s1. The monoisotopic (exact) mass is 469 g/mol. The molecule has 0 spiro atoms. The molecule has 35 heavy (non-hydrogen) atoms. The number of hydrogen-bond acceptors (Lipinski definition) is 6. The first kappa shape index (κ1) is 24.2. The maximum absolute atomic E-state index is 13.1. The van der Waals surface area contributed by atoms with E-state index < -0.39 is 0 Å². The number of carbonyl (C=O) groups excluding carboxylic acids is 1. The fraction of sp³-hybridized carbons (Fsp3) is 0.250. The summed E-state index contributed by atoms with van der Waals surface area (Å²) in [6, 6.07) is 20.2.